The Balaban J connectivity index is 2.78. The Morgan fingerprint density at radius 3 is 2.25 bits per heavy atom. The van der Waals surface area contributed by atoms with E-state index in [4.69, 9.17) is 10.2 Å². The van der Waals surface area contributed by atoms with Crippen molar-refractivity contribution in [1.82, 2.24) is 0 Å². The van der Waals surface area contributed by atoms with Crippen molar-refractivity contribution in [3.63, 3.8) is 0 Å². The molecule has 2 N–H and O–H groups in total. The second-order valence-corrected chi connectivity index (χ2v) is 2.49. The fraction of sp³-hybridized carbons (Fsp3) is 0.222. The molecule has 64 valence electrons. The summed E-state index contributed by atoms with van der Waals surface area (Å²) in [7, 11) is 0. The van der Waals surface area contributed by atoms with E-state index >= 15 is 0 Å². The number of aliphatic hydroxyl groups excluding tert-OH is 1. The SMILES string of the molecule is O=CCc1ccc(C(O)O)cc1. The first kappa shape index (κ1) is 8.90. The van der Waals surface area contributed by atoms with Gasteiger partial charge < -0.3 is 15.0 Å². The van der Waals surface area contributed by atoms with Crippen molar-refractivity contribution in [2.24, 2.45) is 0 Å². The molecule has 1 rings (SSSR count). The van der Waals surface area contributed by atoms with Crippen LogP contribution in [0.25, 0.3) is 0 Å². The molecule has 0 unspecified atom stereocenters. The Kier molecular flexibility index (Phi) is 2.96. The molecule has 12 heavy (non-hydrogen) atoms. The lowest BCUT2D eigenvalue weighted by Crippen LogP contribution is -1.95. The molecule has 0 aliphatic rings. The number of carbonyl (C=O) groups excluding carboxylic acids is 1. The zero-order valence-electron chi connectivity index (χ0n) is 6.47. The van der Waals surface area contributed by atoms with Gasteiger partial charge in [0.2, 0.25) is 0 Å². The largest absolute Gasteiger partial charge is 0.364 e. The first-order valence-electron chi connectivity index (χ1n) is 3.62. The summed E-state index contributed by atoms with van der Waals surface area (Å²) in [6.07, 6.45) is -0.262. The molecule has 3 heteroatoms. The van der Waals surface area contributed by atoms with Crippen molar-refractivity contribution >= 4 is 6.29 Å². The van der Waals surface area contributed by atoms with Gasteiger partial charge in [0.1, 0.15) is 6.29 Å². The molecule has 0 aliphatic carbocycles. The van der Waals surface area contributed by atoms with Gasteiger partial charge in [-0.1, -0.05) is 24.3 Å². The molecule has 0 spiro atoms. The van der Waals surface area contributed by atoms with E-state index in [1.165, 1.54) is 0 Å². The normalized spacial score (nSPS) is 10.2. The minimum absolute atomic E-state index is 0.363. The Hall–Kier alpha value is -1.19. The maximum absolute atomic E-state index is 10.1. The summed E-state index contributed by atoms with van der Waals surface area (Å²) in [5.74, 6) is 0. The maximum atomic E-state index is 10.1. The predicted molar refractivity (Wildman–Crippen MR) is 43.4 cm³/mol. The lowest BCUT2D eigenvalue weighted by Gasteiger charge is -2.03. The number of aldehydes is 1. The molecular formula is C9H10O3. The highest BCUT2D eigenvalue weighted by molar-refractivity contribution is 5.54. The van der Waals surface area contributed by atoms with Gasteiger partial charge in [-0.3, -0.25) is 0 Å². The van der Waals surface area contributed by atoms with Gasteiger partial charge >= 0.3 is 0 Å². The van der Waals surface area contributed by atoms with Crippen LogP contribution in [0, 0.1) is 0 Å². The molecule has 0 aliphatic heterocycles. The summed E-state index contributed by atoms with van der Waals surface area (Å²) in [6, 6.07) is 6.57. The first-order chi connectivity index (χ1) is 5.74. The Morgan fingerprint density at radius 1 is 1.25 bits per heavy atom. The van der Waals surface area contributed by atoms with Crippen LogP contribution in [0.5, 0.6) is 0 Å². The number of aliphatic hydroxyl groups is 2. The quantitative estimate of drug-likeness (QED) is 0.505. The van der Waals surface area contributed by atoms with Gasteiger partial charge in [0.05, 0.1) is 0 Å². The van der Waals surface area contributed by atoms with Crippen LogP contribution in [0.1, 0.15) is 17.4 Å². The first-order valence-corrected chi connectivity index (χ1v) is 3.62. The average Bonchev–Trinajstić information content (AvgIpc) is 2.06. The maximum Gasteiger partial charge on any atom is 0.178 e. The van der Waals surface area contributed by atoms with Crippen molar-refractivity contribution in [1.29, 1.82) is 0 Å². The number of hydrogen-bond acceptors (Lipinski definition) is 3. The third-order valence-electron chi connectivity index (χ3n) is 1.60. The van der Waals surface area contributed by atoms with Crippen LogP contribution < -0.4 is 0 Å². The molecule has 0 bridgehead atoms. The molecule has 3 nitrogen and oxygen atoms in total. The third-order valence-corrected chi connectivity index (χ3v) is 1.60. The van der Waals surface area contributed by atoms with E-state index in [0.29, 0.717) is 12.0 Å². The van der Waals surface area contributed by atoms with E-state index < -0.39 is 6.29 Å². The molecule has 1 aromatic carbocycles. The van der Waals surface area contributed by atoms with E-state index in [-0.39, 0.29) is 0 Å². The summed E-state index contributed by atoms with van der Waals surface area (Å²) in [6.45, 7) is 0. The second kappa shape index (κ2) is 3.99. The molecule has 1 aromatic rings. The highest BCUT2D eigenvalue weighted by atomic mass is 16.5. The fourth-order valence-corrected chi connectivity index (χ4v) is 0.922. The molecule has 0 heterocycles. The van der Waals surface area contributed by atoms with E-state index in [2.05, 4.69) is 0 Å². The fourth-order valence-electron chi connectivity index (χ4n) is 0.922. The van der Waals surface area contributed by atoms with E-state index in [9.17, 15) is 4.79 Å². The summed E-state index contributed by atoms with van der Waals surface area (Å²) in [5.41, 5.74) is 1.30. The van der Waals surface area contributed by atoms with Gasteiger partial charge in [-0.15, -0.1) is 0 Å². The molecule has 0 saturated heterocycles. The zero-order chi connectivity index (χ0) is 8.97. The molecule has 0 atom stereocenters. The molecule has 0 amide bonds. The topological polar surface area (TPSA) is 57.5 Å². The minimum atomic E-state index is -1.43. The Morgan fingerprint density at radius 2 is 1.83 bits per heavy atom. The molecule has 0 fully saturated rings. The van der Waals surface area contributed by atoms with Crippen LogP contribution in [0.4, 0.5) is 0 Å². The molecular weight excluding hydrogens is 156 g/mol. The van der Waals surface area contributed by atoms with Gasteiger partial charge in [-0.25, -0.2) is 0 Å². The van der Waals surface area contributed by atoms with Gasteiger partial charge in [0, 0.05) is 12.0 Å². The lowest BCUT2D eigenvalue weighted by atomic mass is 10.1. The second-order valence-electron chi connectivity index (χ2n) is 2.49. The van der Waals surface area contributed by atoms with Gasteiger partial charge in [-0.05, 0) is 5.56 Å². The van der Waals surface area contributed by atoms with E-state index in [0.717, 1.165) is 11.8 Å². The monoisotopic (exact) mass is 166 g/mol. The van der Waals surface area contributed by atoms with Crippen molar-refractivity contribution in [3.05, 3.63) is 35.4 Å². The molecule has 0 radical (unpaired) electrons. The van der Waals surface area contributed by atoms with E-state index in [1.807, 2.05) is 0 Å². The predicted octanol–water partition coefficient (Wildman–Crippen LogP) is 0.411. The Bertz CT molecular complexity index is 251. The highest BCUT2D eigenvalue weighted by Gasteiger charge is 2.00. The number of carbonyl (C=O) groups is 1. The van der Waals surface area contributed by atoms with Crippen LogP contribution in [0.2, 0.25) is 0 Å². The standard InChI is InChI=1S/C9H10O3/c10-6-5-7-1-3-8(4-2-7)9(11)12/h1-4,6,9,11-12H,5H2. The van der Waals surface area contributed by atoms with Gasteiger partial charge in [-0.2, -0.15) is 0 Å². The van der Waals surface area contributed by atoms with Crippen LogP contribution in [-0.4, -0.2) is 16.5 Å². The van der Waals surface area contributed by atoms with E-state index in [1.54, 1.807) is 24.3 Å². The molecule has 0 saturated carbocycles. The average molecular weight is 166 g/mol. The van der Waals surface area contributed by atoms with Crippen molar-refractivity contribution in [2.45, 2.75) is 12.7 Å². The smallest absolute Gasteiger partial charge is 0.178 e. The third kappa shape index (κ3) is 2.15. The van der Waals surface area contributed by atoms with Crippen molar-refractivity contribution in [3.8, 4) is 0 Å². The van der Waals surface area contributed by atoms with Crippen molar-refractivity contribution in [2.75, 3.05) is 0 Å². The van der Waals surface area contributed by atoms with Gasteiger partial charge in [0.25, 0.3) is 0 Å². The van der Waals surface area contributed by atoms with Crippen molar-refractivity contribution < 1.29 is 15.0 Å². The minimum Gasteiger partial charge on any atom is -0.364 e. The summed E-state index contributed by atoms with van der Waals surface area (Å²) in [4.78, 5) is 10.1. The number of rotatable bonds is 3. The Labute approximate surface area is 70.3 Å². The van der Waals surface area contributed by atoms with Crippen LogP contribution in [-0.2, 0) is 11.2 Å². The number of hydrogen-bond donors (Lipinski definition) is 2. The summed E-state index contributed by atoms with van der Waals surface area (Å²) >= 11 is 0. The highest BCUT2D eigenvalue weighted by Crippen LogP contribution is 2.10. The summed E-state index contributed by atoms with van der Waals surface area (Å²) < 4.78 is 0. The van der Waals surface area contributed by atoms with Gasteiger partial charge in [0.15, 0.2) is 6.29 Å². The molecule has 0 aromatic heterocycles. The van der Waals surface area contributed by atoms with Crippen LogP contribution in [0.3, 0.4) is 0 Å². The van der Waals surface area contributed by atoms with Crippen LogP contribution >= 0.6 is 0 Å². The summed E-state index contributed by atoms with van der Waals surface area (Å²) in [5, 5.41) is 17.5. The lowest BCUT2D eigenvalue weighted by molar-refractivity contribution is -0.107. The number of benzene rings is 1. The zero-order valence-corrected chi connectivity index (χ0v) is 6.47. The van der Waals surface area contributed by atoms with Crippen LogP contribution in [0.15, 0.2) is 24.3 Å².